The lowest BCUT2D eigenvalue weighted by molar-refractivity contribution is -0.137. The van der Waals surface area contributed by atoms with Crippen LogP contribution in [0.15, 0.2) is 0 Å². The molecule has 0 radical (unpaired) electrons. The minimum atomic E-state index is 0.153. The Morgan fingerprint density at radius 1 is 1.56 bits per heavy atom. The minimum absolute atomic E-state index is 0.153. The third-order valence-corrected chi connectivity index (χ3v) is 3.02. The number of hydrogen-bond acceptors (Lipinski definition) is 3. The molecule has 1 rings (SSSR count). The second kappa shape index (κ2) is 5.64. The molecule has 1 amide bonds. The van der Waals surface area contributed by atoms with Gasteiger partial charge in [-0.1, -0.05) is 13.8 Å². The molecule has 1 saturated heterocycles. The molecule has 0 aliphatic carbocycles. The van der Waals surface area contributed by atoms with Crippen molar-refractivity contribution in [3.05, 3.63) is 0 Å². The molecule has 0 saturated carbocycles. The van der Waals surface area contributed by atoms with E-state index in [9.17, 15) is 4.79 Å². The van der Waals surface area contributed by atoms with Crippen LogP contribution in [0.2, 0.25) is 0 Å². The fraction of sp³-hybridized carbons (Fsp3) is 0.917. The van der Waals surface area contributed by atoms with E-state index in [1.165, 1.54) is 0 Å². The van der Waals surface area contributed by atoms with Gasteiger partial charge in [-0.3, -0.25) is 4.79 Å². The summed E-state index contributed by atoms with van der Waals surface area (Å²) in [5.41, 5.74) is 0.208. The Labute approximate surface area is 98.3 Å². The summed E-state index contributed by atoms with van der Waals surface area (Å²) in [5.74, 6) is 0.153. The molecule has 4 nitrogen and oxygen atoms in total. The standard InChI is InChI=1S/C12H24N2O2/c1-10(15)14-5-6-16-11(8-14)7-12(2,3)9-13-4/h11,13H,5-9H2,1-4H3. The zero-order chi connectivity index (χ0) is 12.2. The number of hydrogen-bond donors (Lipinski definition) is 1. The van der Waals surface area contributed by atoms with Gasteiger partial charge in [0.05, 0.1) is 12.7 Å². The summed E-state index contributed by atoms with van der Waals surface area (Å²) in [6, 6.07) is 0. The molecular weight excluding hydrogens is 204 g/mol. The average Bonchev–Trinajstić information content (AvgIpc) is 2.17. The van der Waals surface area contributed by atoms with Gasteiger partial charge in [0.15, 0.2) is 0 Å². The summed E-state index contributed by atoms with van der Waals surface area (Å²) in [7, 11) is 1.96. The summed E-state index contributed by atoms with van der Waals surface area (Å²) in [4.78, 5) is 13.2. The second-order valence-corrected chi connectivity index (χ2v) is 5.36. The smallest absolute Gasteiger partial charge is 0.219 e. The molecule has 16 heavy (non-hydrogen) atoms. The van der Waals surface area contributed by atoms with Crippen molar-refractivity contribution in [2.75, 3.05) is 33.3 Å². The monoisotopic (exact) mass is 228 g/mol. The number of ether oxygens (including phenoxy) is 1. The lowest BCUT2D eigenvalue weighted by atomic mass is 9.86. The van der Waals surface area contributed by atoms with Gasteiger partial charge in [-0.15, -0.1) is 0 Å². The van der Waals surface area contributed by atoms with Crippen LogP contribution in [0.5, 0.6) is 0 Å². The maximum Gasteiger partial charge on any atom is 0.219 e. The van der Waals surface area contributed by atoms with Crippen molar-refractivity contribution in [1.82, 2.24) is 10.2 Å². The molecule has 0 aromatic heterocycles. The second-order valence-electron chi connectivity index (χ2n) is 5.36. The summed E-state index contributed by atoms with van der Waals surface area (Å²) in [6.45, 7) is 9.17. The Bertz CT molecular complexity index is 241. The Kier molecular flexibility index (Phi) is 4.74. The van der Waals surface area contributed by atoms with Crippen molar-refractivity contribution >= 4 is 5.91 Å². The zero-order valence-electron chi connectivity index (χ0n) is 10.9. The molecule has 1 aliphatic rings. The van der Waals surface area contributed by atoms with E-state index in [0.717, 1.165) is 26.1 Å². The van der Waals surface area contributed by atoms with E-state index in [0.29, 0.717) is 6.61 Å². The van der Waals surface area contributed by atoms with Gasteiger partial charge in [0, 0.05) is 26.6 Å². The van der Waals surface area contributed by atoms with E-state index < -0.39 is 0 Å². The van der Waals surface area contributed by atoms with Gasteiger partial charge >= 0.3 is 0 Å². The van der Waals surface area contributed by atoms with E-state index in [4.69, 9.17) is 4.74 Å². The van der Waals surface area contributed by atoms with Crippen LogP contribution in [0.1, 0.15) is 27.2 Å². The number of carbonyl (C=O) groups excluding carboxylic acids is 1. The van der Waals surface area contributed by atoms with Gasteiger partial charge in [0.1, 0.15) is 0 Å². The number of rotatable bonds is 4. The number of nitrogens with one attached hydrogen (secondary N) is 1. The molecule has 1 heterocycles. The highest BCUT2D eigenvalue weighted by Crippen LogP contribution is 2.24. The minimum Gasteiger partial charge on any atom is -0.375 e. The van der Waals surface area contributed by atoms with E-state index in [2.05, 4.69) is 19.2 Å². The largest absolute Gasteiger partial charge is 0.375 e. The highest BCUT2D eigenvalue weighted by molar-refractivity contribution is 5.73. The first kappa shape index (κ1) is 13.5. The Morgan fingerprint density at radius 3 is 2.81 bits per heavy atom. The van der Waals surface area contributed by atoms with Crippen LogP contribution < -0.4 is 5.32 Å². The highest BCUT2D eigenvalue weighted by Gasteiger charge is 2.28. The van der Waals surface area contributed by atoms with Gasteiger partial charge in [-0.25, -0.2) is 0 Å². The van der Waals surface area contributed by atoms with Crippen molar-refractivity contribution in [1.29, 1.82) is 0 Å². The fourth-order valence-electron chi connectivity index (χ4n) is 2.30. The molecule has 1 fully saturated rings. The predicted molar refractivity (Wildman–Crippen MR) is 64.3 cm³/mol. The summed E-state index contributed by atoms with van der Waals surface area (Å²) in [6.07, 6.45) is 1.17. The molecule has 1 aliphatic heterocycles. The lowest BCUT2D eigenvalue weighted by Gasteiger charge is -2.36. The van der Waals surface area contributed by atoms with Gasteiger partial charge < -0.3 is 15.0 Å². The van der Waals surface area contributed by atoms with E-state index in [1.807, 2.05) is 11.9 Å². The third kappa shape index (κ3) is 4.10. The van der Waals surface area contributed by atoms with Gasteiger partial charge in [0.2, 0.25) is 5.91 Å². The Hall–Kier alpha value is -0.610. The van der Waals surface area contributed by atoms with Crippen LogP contribution in [-0.4, -0.2) is 50.2 Å². The van der Waals surface area contributed by atoms with Crippen molar-refractivity contribution in [2.45, 2.75) is 33.3 Å². The number of morpholine rings is 1. The van der Waals surface area contributed by atoms with Crippen LogP contribution >= 0.6 is 0 Å². The first-order valence-electron chi connectivity index (χ1n) is 5.96. The van der Waals surface area contributed by atoms with E-state index in [1.54, 1.807) is 6.92 Å². The fourth-order valence-corrected chi connectivity index (χ4v) is 2.30. The third-order valence-electron chi connectivity index (χ3n) is 3.02. The van der Waals surface area contributed by atoms with Crippen LogP contribution in [0.3, 0.4) is 0 Å². The molecule has 0 aromatic carbocycles. The summed E-state index contributed by atoms with van der Waals surface area (Å²) >= 11 is 0. The van der Waals surface area contributed by atoms with Gasteiger partial charge in [0.25, 0.3) is 0 Å². The molecule has 0 bridgehead atoms. The van der Waals surface area contributed by atoms with Gasteiger partial charge in [-0.05, 0) is 18.9 Å². The quantitative estimate of drug-likeness (QED) is 0.776. The molecule has 1 N–H and O–H groups in total. The number of carbonyl (C=O) groups is 1. The average molecular weight is 228 g/mol. The number of nitrogens with zero attached hydrogens (tertiary/aromatic N) is 1. The van der Waals surface area contributed by atoms with Crippen molar-refractivity contribution in [3.63, 3.8) is 0 Å². The highest BCUT2D eigenvalue weighted by atomic mass is 16.5. The SMILES string of the molecule is CNCC(C)(C)CC1CN(C(C)=O)CCO1. The molecule has 0 aromatic rings. The van der Waals surface area contributed by atoms with Gasteiger partial charge in [-0.2, -0.15) is 0 Å². The van der Waals surface area contributed by atoms with Crippen molar-refractivity contribution < 1.29 is 9.53 Å². The van der Waals surface area contributed by atoms with Crippen LogP contribution in [0, 0.1) is 5.41 Å². The van der Waals surface area contributed by atoms with Crippen LogP contribution in [-0.2, 0) is 9.53 Å². The Balaban J connectivity index is 2.45. The molecular formula is C12H24N2O2. The maximum atomic E-state index is 11.3. The van der Waals surface area contributed by atoms with E-state index >= 15 is 0 Å². The first-order chi connectivity index (χ1) is 7.44. The van der Waals surface area contributed by atoms with Crippen LogP contribution in [0.4, 0.5) is 0 Å². The molecule has 1 unspecified atom stereocenters. The lowest BCUT2D eigenvalue weighted by Crippen LogP contribution is -2.46. The van der Waals surface area contributed by atoms with Crippen LogP contribution in [0.25, 0.3) is 0 Å². The topological polar surface area (TPSA) is 41.6 Å². The summed E-state index contributed by atoms with van der Waals surface area (Å²) < 4.78 is 5.72. The van der Waals surface area contributed by atoms with Crippen molar-refractivity contribution in [3.8, 4) is 0 Å². The molecule has 4 heteroatoms. The molecule has 1 atom stereocenters. The van der Waals surface area contributed by atoms with Crippen molar-refractivity contribution in [2.24, 2.45) is 5.41 Å². The normalized spacial score (nSPS) is 22.2. The predicted octanol–water partition coefficient (Wildman–Crippen LogP) is 0.869. The van der Waals surface area contributed by atoms with E-state index in [-0.39, 0.29) is 17.4 Å². The zero-order valence-corrected chi connectivity index (χ0v) is 10.9. The summed E-state index contributed by atoms with van der Waals surface area (Å²) in [5, 5.41) is 3.20. The maximum absolute atomic E-state index is 11.3. The first-order valence-corrected chi connectivity index (χ1v) is 5.96. The number of amides is 1. The Morgan fingerprint density at radius 2 is 2.25 bits per heavy atom. The molecule has 94 valence electrons. The molecule has 0 spiro atoms.